The maximum Gasteiger partial charge on any atom is 0.337 e. The van der Waals surface area contributed by atoms with Gasteiger partial charge in [0.2, 0.25) is 0 Å². The van der Waals surface area contributed by atoms with Crippen molar-refractivity contribution < 1.29 is 14.6 Å². The number of hydrogen-bond acceptors (Lipinski definition) is 3. The van der Waals surface area contributed by atoms with Crippen molar-refractivity contribution in [3.63, 3.8) is 0 Å². The number of aryl methyl sites for hydroxylation is 1. The molecule has 2 rings (SSSR count). The second-order valence-electron chi connectivity index (χ2n) is 5.03. The Morgan fingerprint density at radius 3 is 2.43 bits per heavy atom. The number of carbonyl (C=O) groups is 1. The largest absolute Gasteiger partial charge is 0.497 e. The van der Waals surface area contributed by atoms with E-state index in [0.29, 0.717) is 18.0 Å². The van der Waals surface area contributed by atoms with Gasteiger partial charge in [-0.2, -0.15) is 0 Å². The van der Waals surface area contributed by atoms with Crippen LogP contribution in [0.3, 0.4) is 0 Å². The van der Waals surface area contributed by atoms with Crippen LogP contribution in [-0.2, 0) is 6.54 Å². The van der Waals surface area contributed by atoms with Crippen LogP contribution < -0.4 is 9.64 Å². The highest BCUT2D eigenvalue weighted by Gasteiger charge is 2.15. The quantitative estimate of drug-likeness (QED) is 0.915. The van der Waals surface area contributed by atoms with Crippen molar-refractivity contribution in [3.05, 3.63) is 59.2 Å². The summed E-state index contributed by atoms with van der Waals surface area (Å²) in [5.41, 5.74) is 3.24. The summed E-state index contributed by atoms with van der Waals surface area (Å²) < 4.78 is 5.19. The van der Waals surface area contributed by atoms with Gasteiger partial charge in [-0.1, -0.05) is 29.8 Å². The molecule has 0 aliphatic carbocycles. The van der Waals surface area contributed by atoms with Crippen molar-refractivity contribution in [2.45, 2.75) is 13.5 Å². The van der Waals surface area contributed by atoms with E-state index in [1.165, 1.54) is 5.56 Å². The molecule has 0 spiro atoms. The Hall–Kier alpha value is -2.49. The van der Waals surface area contributed by atoms with Gasteiger partial charge >= 0.3 is 5.97 Å². The number of aromatic carboxylic acids is 1. The highest BCUT2D eigenvalue weighted by atomic mass is 16.5. The first-order valence-corrected chi connectivity index (χ1v) is 6.69. The van der Waals surface area contributed by atoms with Crippen molar-refractivity contribution >= 4 is 11.7 Å². The molecule has 0 unspecified atom stereocenters. The van der Waals surface area contributed by atoms with Gasteiger partial charge in [-0.25, -0.2) is 4.79 Å². The van der Waals surface area contributed by atoms with Crippen molar-refractivity contribution in [3.8, 4) is 5.75 Å². The number of hydrogen-bond donors (Lipinski definition) is 1. The summed E-state index contributed by atoms with van der Waals surface area (Å²) in [7, 11) is 3.45. The third kappa shape index (κ3) is 3.54. The Labute approximate surface area is 124 Å². The van der Waals surface area contributed by atoms with Gasteiger partial charge in [0, 0.05) is 19.7 Å². The van der Waals surface area contributed by atoms with Gasteiger partial charge in [0.1, 0.15) is 5.75 Å². The molecule has 0 saturated carbocycles. The third-order valence-electron chi connectivity index (χ3n) is 3.39. The van der Waals surface area contributed by atoms with E-state index in [4.69, 9.17) is 4.74 Å². The molecule has 110 valence electrons. The van der Waals surface area contributed by atoms with Crippen LogP contribution in [0.1, 0.15) is 21.5 Å². The third-order valence-corrected chi connectivity index (χ3v) is 3.39. The second-order valence-corrected chi connectivity index (χ2v) is 5.03. The van der Waals surface area contributed by atoms with Crippen molar-refractivity contribution in [2.24, 2.45) is 0 Å². The smallest absolute Gasteiger partial charge is 0.337 e. The fraction of sp³-hybridized carbons (Fsp3) is 0.235. The summed E-state index contributed by atoms with van der Waals surface area (Å²) in [6.45, 7) is 2.67. The Morgan fingerprint density at radius 1 is 1.19 bits per heavy atom. The monoisotopic (exact) mass is 285 g/mol. The van der Waals surface area contributed by atoms with E-state index in [0.717, 1.165) is 5.56 Å². The number of rotatable bonds is 5. The summed E-state index contributed by atoms with van der Waals surface area (Å²) >= 11 is 0. The van der Waals surface area contributed by atoms with Crippen LogP contribution in [0.15, 0.2) is 42.5 Å². The molecular formula is C17H19NO3. The predicted molar refractivity (Wildman–Crippen MR) is 83.2 cm³/mol. The molecule has 0 radical (unpaired) electrons. The number of carboxylic acids is 1. The normalized spacial score (nSPS) is 10.2. The maximum absolute atomic E-state index is 11.4. The summed E-state index contributed by atoms with van der Waals surface area (Å²) in [4.78, 5) is 13.3. The van der Waals surface area contributed by atoms with Gasteiger partial charge < -0.3 is 14.7 Å². The van der Waals surface area contributed by atoms with E-state index in [-0.39, 0.29) is 5.56 Å². The predicted octanol–water partition coefficient (Wildman–Crippen LogP) is 3.34. The fourth-order valence-electron chi connectivity index (χ4n) is 2.19. The molecule has 1 N–H and O–H groups in total. The second kappa shape index (κ2) is 6.31. The number of nitrogens with zero attached hydrogens (tertiary/aromatic N) is 1. The first-order valence-electron chi connectivity index (χ1n) is 6.69. The molecule has 0 atom stereocenters. The Kier molecular flexibility index (Phi) is 4.48. The molecule has 0 bridgehead atoms. The van der Waals surface area contributed by atoms with Crippen LogP contribution in [0, 0.1) is 6.92 Å². The summed E-state index contributed by atoms with van der Waals surface area (Å²) in [6, 6.07) is 13.2. The molecule has 0 fully saturated rings. The molecule has 21 heavy (non-hydrogen) atoms. The lowest BCUT2D eigenvalue weighted by Gasteiger charge is -2.22. The lowest BCUT2D eigenvalue weighted by atomic mass is 10.1. The first-order chi connectivity index (χ1) is 10.0. The minimum atomic E-state index is -0.941. The molecular weight excluding hydrogens is 266 g/mol. The van der Waals surface area contributed by atoms with Crippen molar-refractivity contribution in [2.75, 3.05) is 19.1 Å². The molecule has 2 aromatic carbocycles. The minimum Gasteiger partial charge on any atom is -0.497 e. The average Bonchev–Trinajstić information content (AvgIpc) is 2.48. The SMILES string of the molecule is COc1ccc(C(=O)O)c(N(C)Cc2ccc(C)cc2)c1. The van der Waals surface area contributed by atoms with E-state index in [1.807, 2.05) is 43.1 Å². The van der Waals surface area contributed by atoms with Gasteiger partial charge in [-0.3, -0.25) is 0 Å². The maximum atomic E-state index is 11.4. The topological polar surface area (TPSA) is 49.8 Å². The number of methoxy groups -OCH3 is 1. The van der Waals surface area contributed by atoms with Crippen LogP contribution in [-0.4, -0.2) is 25.2 Å². The number of ether oxygens (including phenoxy) is 1. The highest BCUT2D eigenvalue weighted by molar-refractivity contribution is 5.94. The Morgan fingerprint density at radius 2 is 1.86 bits per heavy atom. The van der Waals surface area contributed by atoms with E-state index < -0.39 is 5.97 Å². The van der Waals surface area contributed by atoms with Crippen LogP contribution in [0.4, 0.5) is 5.69 Å². The van der Waals surface area contributed by atoms with Gasteiger partial charge in [-0.15, -0.1) is 0 Å². The Bertz CT molecular complexity index is 635. The van der Waals surface area contributed by atoms with Crippen molar-refractivity contribution in [1.29, 1.82) is 0 Å². The van der Waals surface area contributed by atoms with Crippen molar-refractivity contribution in [1.82, 2.24) is 0 Å². The fourth-order valence-corrected chi connectivity index (χ4v) is 2.19. The molecule has 0 amide bonds. The van der Waals surface area contributed by atoms with Crippen LogP contribution in [0.25, 0.3) is 0 Å². The lowest BCUT2D eigenvalue weighted by molar-refractivity contribution is 0.0697. The zero-order valence-electron chi connectivity index (χ0n) is 12.5. The summed E-state index contributed by atoms with van der Waals surface area (Å²) in [5.74, 6) is -0.297. The highest BCUT2D eigenvalue weighted by Crippen LogP contribution is 2.26. The molecule has 0 aliphatic rings. The van der Waals surface area contributed by atoms with Crippen LogP contribution >= 0.6 is 0 Å². The zero-order chi connectivity index (χ0) is 15.4. The van der Waals surface area contributed by atoms with E-state index >= 15 is 0 Å². The summed E-state index contributed by atoms with van der Waals surface area (Å²) in [5, 5.41) is 9.31. The van der Waals surface area contributed by atoms with Gasteiger partial charge in [0.05, 0.1) is 18.4 Å². The first kappa shape index (κ1) is 14.9. The van der Waals surface area contributed by atoms with E-state index in [1.54, 1.807) is 25.3 Å². The molecule has 2 aromatic rings. The molecule has 0 heterocycles. The molecule has 0 aliphatic heterocycles. The zero-order valence-corrected chi connectivity index (χ0v) is 12.5. The van der Waals surface area contributed by atoms with Gasteiger partial charge in [0.15, 0.2) is 0 Å². The molecule has 0 aromatic heterocycles. The Balaban J connectivity index is 2.30. The minimum absolute atomic E-state index is 0.269. The number of benzene rings is 2. The molecule has 4 heteroatoms. The van der Waals surface area contributed by atoms with Gasteiger partial charge in [0.25, 0.3) is 0 Å². The van der Waals surface area contributed by atoms with E-state index in [2.05, 4.69) is 0 Å². The van der Waals surface area contributed by atoms with Crippen LogP contribution in [0.2, 0.25) is 0 Å². The average molecular weight is 285 g/mol. The number of carboxylic acid groups (broad SMARTS) is 1. The summed E-state index contributed by atoms with van der Waals surface area (Å²) in [6.07, 6.45) is 0. The van der Waals surface area contributed by atoms with E-state index in [9.17, 15) is 9.90 Å². The number of anilines is 1. The lowest BCUT2D eigenvalue weighted by Crippen LogP contribution is -2.19. The van der Waals surface area contributed by atoms with Gasteiger partial charge in [-0.05, 0) is 24.6 Å². The molecule has 4 nitrogen and oxygen atoms in total. The molecule has 0 saturated heterocycles. The van der Waals surface area contributed by atoms with Crippen LogP contribution in [0.5, 0.6) is 5.75 Å². The standard InChI is InChI=1S/C17H19NO3/c1-12-4-6-13(7-5-12)11-18(2)16-10-14(21-3)8-9-15(16)17(19)20/h4-10H,11H2,1-3H3,(H,19,20).